The fourth-order valence-corrected chi connectivity index (χ4v) is 4.59. The Morgan fingerprint density at radius 2 is 1.78 bits per heavy atom. The lowest BCUT2D eigenvalue weighted by atomic mass is 10.2. The number of aliphatic hydroxyl groups is 1. The van der Waals surface area contributed by atoms with Crippen molar-refractivity contribution in [3.63, 3.8) is 0 Å². The van der Waals surface area contributed by atoms with Gasteiger partial charge in [0.2, 0.25) is 0 Å². The lowest BCUT2D eigenvalue weighted by molar-refractivity contribution is 0.116. The van der Waals surface area contributed by atoms with Gasteiger partial charge in [-0.1, -0.05) is 26.2 Å². The van der Waals surface area contributed by atoms with Crippen LogP contribution in [0.15, 0.2) is 24.5 Å². The van der Waals surface area contributed by atoms with Crippen LogP contribution in [0.5, 0.6) is 5.75 Å². The van der Waals surface area contributed by atoms with Crippen molar-refractivity contribution in [3.8, 4) is 5.75 Å². The van der Waals surface area contributed by atoms with Crippen LogP contribution in [0, 0.1) is 0 Å². The van der Waals surface area contributed by atoms with Gasteiger partial charge in [0.15, 0.2) is 0 Å². The van der Waals surface area contributed by atoms with Gasteiger partial charge in [-0.3, -0.25) is 9.13 Å². The van der Waals surface area contributed by atoms with Crippen LogP contribution >= 0.6 is 15.2 Å². The second-order valence-electron chi connectivity index (χ2n) is 6.29. The number of nitrogens with zero attached hydrogens (tertiary/aromatic N) is 2. The zero-order chi connectivity index (χ0) is 20.3. The molecule has 27 heavy (non-hydrogen) atoms. The van der Waals surface area contributed by atoms with Crippen molar-refractivity contribution in [2.24, 2.45) is 0 Å². The van der Waals surface area contributed by atoms with Crippen molar-refractivity contribution < 1.29 is 38.5 Å². The first-order valence-corrected chi connectivity index (χ1v) is 11.6. The number of hydrogen-bond donors (Lipinski definition) is 5. The molecule has 1 aromatic heterocycles. The molecule has 0 atom stereocenters. The predicted octanol–water partition coefficient (Wildman–Crippen LogP) is 2.00. The van der Waals surface area contributed by atoms with Crippen molar-refractivity contribution in [1.29, 1.82) is 0 Å². The molecule has 10 nitrogen and oxygen atoms in total. The maximum Gasteiger partial charge on any atom is 0.371 e. The highest BCUT2D eigenvalue weighted by atomic mass is 31.2. The first-order chi connectivity index (χ1) is 12.5. The summed E-state index contributed by atoms with van der Waals surface area (Å²) in [6, 6.07) is 4.78. The predicted molar refractivity (Wildman–Crippen MR) is 98.4 cm³/mol. The zero-order valence-corrected chi connectivity index (χ0v) is 16.6. The van der Waals surface area contributed by atoms with E-state index in [4.69, 9.17) is 4.74 Å². The van der Waals surface area contributed by atoms with E-state index in [0.717, 1.165) is 36.6 Å². The normalized spacial score (nSPS) is 13.3. The maximum atomic E-state index is 11.5. The molecule has 12 heteroatoms. The number of unbranched alkanes of at least 4 members (excludes halogenated alkanes) is 3. The van der Waals surface area contributed by atoms with E-state index in [1.807, 2.05) is 0 Å². The largest absolute Gasteiger partial charge is 0.494 e. The molecular formula is C15H24N2O8P2. The third-order valence-corrected chi connectivity index (χ3v) is 7.89. The van der Waals surface area contributed by atoms with Gasteiger partial charge in [0.05, 0.1) is 30.5 Å². The number of rotatable bonds is 10. The summed E-state index contributed by atoms with van der Waals surface area (Å²) in [6.45, 7) is 1.64. The molecule has 0 radical (unpaired) electrons. The van der Waals surface area contributed by atoms with Crippen LogP contribution in [0.4, 0.5) is 0 Å². The lowest BCUT2D eigenvalue weighted by Crippen LogP contribution is -2.33. The SMILES string of the molecule is CCCCCCOc1ccc2c(c1)ncn2CC(O)(P(=O)(O)O)P(=O)(O)O. The topological polar surface area (TPSA) is 162 Å². The van der Waals surface area contributed by atoms with E-state index < -0.39 is 26.8 Å². The Balaban J connectivity index is 2.21. The van der Waals surface area contributed by atoms with Crippen LogP contribution in [0.1, 0.15) is 32.6 Å². The molecule has 0 amide bonds. The Hall–Kier alpha value is -1.25. The molecule has 2 aromatic rings. The fraction of sp³-hybridized carbons (Fsp3) is 0.533. The highest BCUT2D eigenvalue weighted by Gasteiger charge is 2.59. The molecule has 2 rings (SSSR count). The van der Waals surface area contributed by atoms with E-state index in [2.05, 4.69) is 11.9 Å². The maximum absolute atomic E-state index is 11.5. The Morgan fingerprint density at radius 3 is 2.37 bits per heavy atom. The van der Waals surface area contributed by atoms with Gasteiger partial charge in [-0.2, -0.15) is 0 Å². The molecule has 0 aliphatic carbocycles. The molecule has 0 aliphatic rings. The van der Waals surface area contributed by atoms with E-state index in [1.165, 1.54) is 0 Å². The van der Waals surface area contributed by atoms with Gasteiger partial charge in [-0.05, 0) is 18.6 Å². The van der Waals surface area contributed by atoms with Gasteiger partial charge in [0.25, 0.3) is 5.08 Å². The van der Waals surface area contributed by atoms with Gasteiger partial charge in [0, 0.05) is 6.07 Å². The van der Waals surface area contributed by atoms with Crippen LogP contribution in [-0.4, -0.2) is 45.9 Å². The van der Waals surface area contributed by atoms with Gasteiger partial charge in [-0.15, -0.1) is 0 Å². The number of ether oxygens (including phenoxy) is 1. The third kappa shape index (κ3) is 4.97. The molecule has 0 spiro atoms. The van der Waals surface area contributed by atoms with Crippen molar-refractivity contribution in [1.82, 2.24) is 9.55 Å². The summed E-state index contributed by atoms with van der Waals surface area (Å²) in [5.74, 6) is 0.560. The highest BCUT2D eigenvalue weighted by Crippen LogP contribution is 2.68. The minimum Gasteiger partial charge on any atom is -0.494 e. The Kier molecular flexibility index (Phi) is 6.86. The molecule has 1 heterocycles. The Morgan fingerprint density at radius 1 is 1.11 bits per heavy atom. The van der Waals surface area contributed by atoms with E-state index in [0.29, 0.717) is 23.4 Å². The Labute approximate surface area is 156 Å². The van der Waals surface area contributed by atoms with Crippen LogP contribution in [0.3, 0.4) is 0 Å². The van der Waals surface area contributed by atoms with Gasteiger partial charge in [0.1, 0.15) is 5.75 Å². The summed E-state index contributed by atoms with van der Waals surface area (Å²) in [6.07, 6.45) is 5.38. The van der Waals surface area contributed by atoms with E-state index in [1.54, 1.807) is 18.2 Å². The summed E-state index contributed by atoms with van der Waals surface area (Å²) in [7, 11) is -11.1. The number of aromatic nitrogens is 2. The quantitative estimate of drug-likeness (QED) is 0.285. The summed E-state index contributed by atoms with van der Waals surface area (Å²) in [5.41, 5.74) is 0.744. The molecule has 0 saturated carbocycles. The minimum atomic E-state index is -5.54. The molecule has 0 aliphatic heterocycles. The molecule has 0 unspecified atom stereocenters. The standard InChI is InChI=1S/C15H24N2O8P2/c1-2-3-4-5-8-25-12-6-7-14-13(9-12)16-11-17(14)10-15(18,26(19,20)21)27(22,23)24/h6-7,9,11,18H,2-5,8,10H2,1H3,(H2,19,20,21)(H2,22,23,24). The third-order valence-electron chi connectivity index (χ3n) is 4.17. The molecule has 0 fully saturated rings. The van der Waals surface area contributed by atoms with Crippen LogP contribution in [0.25, 0.3) is 11.0 Å². The molecule has 152 valence electrons. The van der Waals surface area contributed by atoms with Crippen molar-refractivity contribution >= 4 is 26.2 Å². The van der Waals surface area contributed by atoms with E-state index in [-0.39, 0.29) is 0 Å². The molecule has 0 saturated heterocycles. The van der Waals surface area contributed by atoms with Crippen molar-refractivity contribution in [3.05, 3.63) is 24.5 Å². The average molecular weight is 422 g/mol. The van der Waals surface area contributed by atoms with E-state index in [9.17, 15) is 33.8 Å². The molecule has 0 bridgehead atoms. The lowest BCUT2D eigenvalue weighted by Gasteiger charge is -2.29. The molecular weight excluding hydrogens is 398 g/mol. The number of benzene rings is 1. The minimum absolute atomic E-state index is 0.341. The van der Waals surface area contributed by atoms with Crippen molar-refractivity contribution in [2.75, 3.05) is 6.61 Å². The average Bonchev–Trinajstić information content (AvgIpc) is 2.94. The van der Waals surface area contributed by atoms with Crippen molar-refractivity contribution in [2.45, 2.75) is 44.2 Å². The van der Waals surface area contributed by atoms with Gasteiger partial charge in [-0.25, -0.2) is 4.98 Å². The van der Waals surface area contributed by atoms with E-state index >= 15 is 0 Å². The smallest absolute Gasteiger partial charge is 0.371 e. The fourth-order valence-electron chi connectivity index (χ4n) is 2.56. The van der Waals surface area contributed by atoms with Crippen LogP contribution < -0.4 is 4.74 Å². The van der Waals surface area contributed by atoms with Crippen LogP contribution in [0.2, 0.25) is 0 Å². The number of imidazole rings is 1. The number of fused-ring (bicyclic) bond motifs is 1. The number of hydrogen-bond acceptors (Lipinski definition) is 5. The Bertz CT molecular complexity index is 850. The summed E-state index contributed by atoms with van der Waals surface area (Å²) in [5, 5.41) is 6.52. The summed E-state index contributed by atoms with van der Waals surface area (Å²) >= 11 is 0. The summed E-state index contributed by atoms with van der Waals surface area (Å²) < 4.78 is 29.7. The molecule has 1 aromatic carbocycles. The monoisotopic (exact) mass is 422 g/mol. The molecule has 5 N–H and O–H groups in total. The first kappa shape index (κ1) is 22.0. The first-order valence-electron chi connectivity index (χ1n) is 8.41. The zero-order valence-electron chi connectivity index (χ0n) is 14.8. The second kappa shape index (κ2) is 8.41. The van der Waals surface area contributed by atoms with Gasteiger partial charge < -0.3 is 34.0 Å². The summed E-state index contributed by atoms with van der Waals surface area (Å²) in [4.78, 5) is 41.1. The van der Waals surface area contributed by atoms with Crippen LogP contribution in [-0.2, 0) is 15.7 Å². The van der Waals surface area contributed by atoms with Gasteiger partial charge >= 0.3 is 15.2 Å². The second-order valence-corrected chi connectivity index (χ2v) is 10.3. The highest BCUT2D eigenvalue weighted by molar-refractivity contribution is 7.72.